The summed E-state index contributed by atoms with van der Waals surface area (Å²) in [6.45, 7) is 6.75. The summed E-state index contributed by atoms with van der Waals surface area (Å²) in [6.07, 6.45) is 1.95. The fourth-order valence-electron chi connectivity index (χ4n) is 4.82. The zero-order chi connectivity index (χ0) is 25.8. The lowest BCUT2D eigenvalue weighted by Crippen LogP contribution is -2.60. The van der Waals surface area contributed by atoms with E-state index in [0.717, 1.165) is 16.5 Å². The third-order valence-corrected chi connectivity index (χ3v) is 6.73. The Bertz CT molecular complexity index is 1360. The van der Waals surface area contributed by atoms with Crippen LogP contribution in [0.3, 0.4) is 0 Å². The number of fused-ring (bicyclic) bond motifs is 2. The number of aliphatic imine (C=N–C) groups is 1. The highest BCUT2D eigenvalue weighted by atomic mass is 16.6. The zero-order valence-electron chi connectivity index (χ0n) is 21.0. The first-order chi connectivity index (χ1) is 18.0. The number of ether oxygens (including phenoxy) is 2. The molecule has 2 N–H and O–H groups in total. The van der Waals surface area contributed by atoms with Gasteiger partial charge in [-0.25, -0.2) is 4.79 Å². The van der Waals surface area contributed by atoms with Crippen LogP contribution in [0.25, 0.3) is 10.8 Å². The second kappa shape index (κ2) is 10.7. The van der Waals surface area contributed by atoms with Crippen LogP contribution in [-0.4, -0.2) is 60.7 Å². The first kappa shape index (κ1) is 24.3. The van der Waals surface area contributed by atoms with Crippen molar-refractivity contribution in [2.45, 2.75) is 19.9 Å². The van der Waals surface area contributed by atoms with Crippen molar-refractivity contribution < 1.29 is 14.3 Å². The molecular weight excluding hydrogens is 468 g/mol. The minimum absolute atomic E-state index is 0.0330. The summed E-state index contributed by atoms with van der Waals surface area (Å²) in [7, 11) is 0. The maximum atomic E-state index is 13.2. The number of hydrogen-bond acceptors (Lipinski definition) is 5. The molecule has 0 spiro atoms. The number of carbonyl (C=O) groups excluding carboxylic acids is 1. The Kier molecular flexibility index (Phi) is 6.99. The van der Waals surface area contributed by atoms with E-state index < -0.39 is 0 Å². The molecule has 1 unspecified atom stereocenters. The van der Waals surface area contributed by atoms with E-state index in [-0.39, 0.29) is 18.0 Å². The number of nitrogens with one attached hydrogen (secondary N) is 2. The maximum absolute atomic E-state index is 13.2. The Labute approximate surface area is 216 Å². The molecule has 0 radical (unpaired) electrons. The summed E-state index contributed by atoms with van der Waals surface area (Å²) < 4.78 is 11.2. The van der Waals surface area contributed by atoms with Gasteiger partial charge in [0.15, 0.2) is 11.5 Å². The van der Waals surface area contributed by atoms with Crippen LogP contribution in [0.5, 0.6) is 11.5 Å². The Morgan fingerprint density at radius 1 is 1.03 bits per heavy atom. The van der Waals surface area contributed by atoms with Crippen LogP contribution in [0, 0.1) is 17.4 Å². The molecule has 0 aliphatic carbocycles. The van der Waals surface area contributed by atoms with Gasteiger partial charge in [-0.1, -0.05) is 50.2 Å². The van der Waals surface area contributed by atoms with Crippen molar-refractivity contribution >= 4 is 34.1 Å². The molecule has 0 saturated carbocycles. The number of amides is 2. The normalized spacial score (nSPS) is 17.5. The number of hydrogen-bond donors (Lipinski definition) is 2. The van der Waals surface area contributed by atoms with E-state index >= 15 is 0 Å². The van der Waals surface area contributed by atoms with Gasteiger partial charge in [-0.3, -0.25) is 0 Å². The maximum Gasteiger partial charge on any atom is 0.321 e. The molecular formula is C28H30N6O3. The second-order valence-electron chi connectivity index (χ2n) is 9.43. The Hall–Kier alpha value is -4.45. The van der Waals surface area contributed by atoms with Crippen molar-refractivity contribution in [1.82, 2.24) is 9.80 Å². The quantitative estimate of drug-likeness (QED) is 0.307. The van der Waals surface area contributed by atoms with Gasteiger partial charge in [0.25, 0.3) is 0 Å². The zero-order valence-corrected chi connectivity index (χ0v) is 21.0. The summed E-state index contributed by atoms with van der Waals surface area (Å²) in [5.41, 5.74) is 1.54. The number of piperazine rings is 1. The lowest BCUT2D eigenvalue weighted by atomic mass is 10.00. The molecule has 37 heavy (non-hydrogen) atoms. The molecule has 2 aliphatic heterocycles. The van der Waals surface area contributed by atoms with Gasteiger partial charge >= 0.3 is 6.03 Å². The third kappa shape index (κ3) is 5.23. The first-order valence-electron chi connectivity index (χ1n) is 12.5. The van der Waals surface area contributed by atoms with Gasteiger partial charge in [0, 0.05) is 42.5 Å². The molecule has 5 rings (SSSR count). The summed E-state index contributed by atoms with van der Waals surface area (Å²) >= 11 is 0. The van der Waals surface area contributed by atoms with E-state index in [0.29, 0.717) is 56.0 Å². The van der Waals surface area contributed by atoms with Crippen LogP contribution in [0.4, 0.5) is 16.2 Å². The van der Waals surface area contributed by atoms with Gasteiger partial charge in [-0.05, 0) is 29.5 Å². The van der Waals surface area contributed by atoms with Gasteiger partial charge in [-0.2, -0.15) is 5.26 Å². The molecule has 3 aromatic carbocycles. The monoisotopic (exact) mass is 498 g/mol. The van der Waals surface area contributed by atoms with Crippen molar-refractivity contribution in [3.8, 4) is 17.7 Å². The van der Waals surface area contributed by atoms with Gasteiger partial charge in [-0.15, -0.1) is 4.99 Å². The minimum atomic E-state index is -0.178. The molecule has 0 aromatic heterocycles. The van der Waals surface area contributed by atoms with E-state index in [1.54, 1.807) is 11.0 Å². The van der Waals surface area contributed by atoms with Crippen molar-refractivity contribution in [1.29, 1.82) is 5.26 Å². The fraction of sp³-hybridized carbons (Fsp3) is 0.321. The Morgan fingerprint density at radius 2 is 1.81 bits per heavy atom. The number of nitrogens with zero attached hydrogens (tertiary/aromatic N) is 4. The smallest absolute Gasteiger partial charge is 0.321 e. The van der Waals surface area contributed by atoms with E-state index in [1.165, 1.54) is 0 Å². The number of rotatable bonds is 3. The van der Waals surface area contributed by atoms with E-state index in [2.05, 4.69) is 46.5 Å². The van der Waals surface area contributed by atoms with Crippen LogP contribution in [0.15, 0.2) is 65.7 Å². The molecule has 2 aliphatic rings. The highest BCUT2D eigenvalue weighted by Crippen LogP contribution is 2.33. The van der Waals surface area contributed by atoms with E-state index in [1.807, 2.05) is 48.7 Å². The van der Waals surface area contributed by atoms with Crippen LogP contribution < -0.4 is 20.1 Å². The lowest BCUT2D eigenvalue weighted by molar-refractivity contribution is 0.120. The lowest BCUT2D eigenvalue weighted by Gasteiger charge is -2.44. The van der Waals surface area contributed by atoms with Crippen molar-refractivity contribution in [3.63, 3.8) is 0 Å². The number of carbonyl (C=O) groups is 1. The second-order valence-corrected chi connectivity index (χ2v) is 9.43. The molecule has 0 bridgehead atoms. The molecule has 9 nitrogen and oxygen atoms in total. The average Bonchev–Trinajstić information content (AvgIpc) is 2.92. The van der Waals surface area contributed by atoms with Crippen molar-refractivity contribution in [3.05, 3.63) is 60.7 Å². The van der Waals surface area contributed by atoms with Crippen molar-refractivity contribution in [2.75, 3.05) is 43.5 Å². The molecule has 2 amide bonds. The molecule has 2 heterocycles. The van der Waals surface area contributed by atoms with Crippen LogP contribution in [-0.2, 0) is 0 Å². The van der Waals surface area contributed by atoms with Gasteiger partial charge in [0.2, 0.25) is 12.2 Å². The summed E-state index contributed by atoms with van der Waals surface area (Å²) in [5.74, 6) is 2.01. The Morgan fingerprint density at radius 3 is 2.62 bits per heavy atom. The number of urea groups is 1. The highest BCUT2D eigenvalue weighted by molar-refractivity contribution is 6.03. The number of nitriles is 1. The molecule has 3 aromatic rings. The molecule has 190 valence electrons. The molecule has 9 heteroatoms. The molecule has 1 atom stereocenters. The summed E-state index contributed by atoms with van der Waals surface area (Å²) in [6, 6.07) is 19.3. The number of guanidine groups is 1. The van der Waals surface area contributed by atoms with E-state index in [9.17, 15) is 10.1 Å². The average molecular weight is 499 g/mol. The standard InChI is InChI=1S/C28H30N6O3/c1-19(2)24-17-33(28(35)31-21-10-11-25-26(16-21)37-15-14-36-25)12-13-34(24)27(30-18-29)32-23-9-5-7-20-6-3-4-8-22(20)23/h3-11,16,19,24H,12-15,17H2,1-2H3,(H,30,32)(H,31,35). The van der Waals surface area contributed by atoms with Gasteiger partial charge in [0.1, 0.15) is 13.2 Å². The van der Waals surface area contributed by atoms with Gasteiger partial charge < -0.3 is 29.9 Å². The van der Waals surface area contributed by atoms with E-state index in [4.69, 9.17) is 9.47 Å². The largest absolute Gasteiger partial charge is 0.486 e. The minimum Gasteiger partial charge on any atom is -0.486 e. The van der Waals surface area contributed by atoms with Crippen LogP contribution >= 0.6 is 0 Å². The highest BCUT2D eigenvalue weighted by Gasteiger charge is 2.34. The predicted molar refractivity (Wildman–Crippen MR) is 144 cm³/mol. The van der Waals surface area contributed by atoms with Crippen molar-refractivity contribution in [2.24, 2.45) is 10.9 Å². The summed E-state index contributed by atoms with van der Waals surface area (Å²) in [5, 5.41) is 18.0. The SMILES string of the molecule is CC(C)C1CN(C(=O)Nc2ccc3c(c2)OCCO3)CCN1/C(=N/C#N)Nc1cccc2ccccc12. The fourth-order valence-corrected chi connectivity index (χ4v) is 4.82. The summed E-state index contributed by atoms with van der Waals surface area (Å²) in [4.78, 5) is 21.2. The number of anilines is 2. The van der Waals surface area contributed by atoms with Crippen LogP contribution in [0.2, 0.25) is 0 Å². The van der Waals surface area contributed by atoms with Crippen LogP contribution in [0.1, 0.15) is 13.8 Å². The predicted octanol–water partition coefficient (Wildman–Crippen LogP) is 4.73. The molecule has 1 saturated heterocycles. The topological polar surface area (TPSA) is 102 Å². The Balaban J connectivity index is 1.32. The first-order valence-corrected chi connectivity index (χ1v) is 12.5. The number of benzene rings is 3. The molecule has 1 fully saturated rings. The third-order valence-electron chi connectivity index (χ3n) is 6.73. The van der Waals surface area contributed by atoms with Gasteiger partial charge in [0.05, 0.1) is 6.04 Å².